The van der Waals surface area contributed by atoms with Crippen LogP contribution in [0.2, 0.25) is 0 Å². The maximum absolute atomic E-state index is 11.3. The number of esters is 1. The van der Waals surface area contributed by atoms with Gasteiger partial charge in [0.15, 0.2) is 5.69 Å². The molecule has 0 aliphatic carbocycles. The van der Waals surface area contributed by atoms with Crippen LogP contribution in [0.5, 0.6) is 0 Å². The molecule has 5 heteroatoms. The summed E-state index contributed by atoms with van der Waals surface area (Å²) >= 11 is 1.61. The number of carbonyl (C=O) groups is 1. The van der Waals surface area contributed by atoms with Crippen molar-refractivity contribution in [1.29, 1.82) is 0 Å². The third-order valence-electron chi connectivity index (χ3n) is 2.25. The monoisotopic (exact) mass is 240 g/mol. The van der Waals surface area contributed by atoms with E-state index in [1.165, 1.54) is 13.3 Å². The molecule has 0 aromatic carbocycles. The van der Waals surface area contributed by atoms with Crippen LogP contribution in [-0.4, -0.2) is 28.3 Å². The van der Waals surface area contributed by atoms with Crippen LogP contribution in [0, 0.1) is 5.92 Å². The van der Waals surface area contributed by atoms with Gasteiger partial charge in [0.1, 0.15) is 5.03 Å². The maximum atomic E-state index is 11.3. The summed E-state index contributed by atoms with van der Waals surface area (Å²) in [6.07, 6.45) is 3.08. The maximum Gasteiger partial charge on any atom is 0.358 e. The van der Waals surface area contributed by atoms with Crippen molar-refractivity contribution in [3.8, 4) is 0 Å². The van der Waals surface area contributed by atoms with E-state index in [-0.39, 0.29) is 5.69 Å². The van der Waals surface area contributed by atoms with E-state index >= 15 is 0 Å². The minimum atomic E-state index is -0.452. The van der Waals surface area contributed by atoms with Crippen molar-refractivity contribution in [2.24, 2.45) is 5.92 Å². The molecule has 0 saturated carbocycles. The van der Waals surface area contributed by atoms with Gasteiger partial charge >= 0.3 is 5.97 Å². The number of carbonyl (C=O) groups excluding carboxylic acids is 1. The van der Waals surface area contributed by atoms with Crippen molar-refractivity contribution in [1.82, 2.24) is 9.97 Å². The van der Waals surface area contributed by atoms with E-state index in [0.717, 1.165) is 5.03 Å². The van der Waals surface area contributed by atoms with E-state index in [9.17, 15) is 4.79 Å². The highest BCUT2D eigenvalue weighted by atomic mass is 32.2. The van der Waals surface area contributed by atoms with Crippen molar-refractivity contribution >= 4 is 17.7 Å². The Morgan fingerprint density at radius 3 is 2.62 bits per heavy atom. The summed E-state index contributed by atoms with van der Waals surface area (Å²) in [6, 6.07) is 0. The first-order valence-corrected chi connectivity index (χ1v) is 5.99. The van der Waals surface area contributed by atoms with Gasteiger partial charge in [-0.3, -0.25) is 4.98 Å². The fourth-order valence-electron chi connectivity index (χ4n) is 0.934. The van der Waals surface area contributed by atoms with Crippen molar-refractivity contribution in [3.05, 3.63) is 18.1 Å². The van der Waals surface area contributed by atoms with E-state index in [1.54, 1.807) is 18.0 Å². The van der Waals surface area contributed by atoms with Gasteiger partial charge < -0.3 is 4.74 Å². The van der Waals surface area contributed by atoms with Gasteiger partial charge in [0.2, 0.25) is 0 Å². The number of ether oxygens (including phenoxy) is 1. The summed E-state index contributed by atoms with van der Waals surface area (Å²) in [7, 11) is 1.33. The molecule has 1 atom stereocenters. The highest BCUT2D eigenvalue weighted by molar-refractivity contribution is 7.99. The summed E-state index contributed by atoms with van der Waals surface area (Å²) in [6.45, 7) is 6.42. The van der Waals surface area contributed by atoms with Crippen molar-refractivity contribution in [2.45, 2.75) is 31.0 Å². The van der Waals surface area contributed by atoms with E-state index in [1.807, 2.05) is 0 Å². The molecule has 1 aromatic heterocycles. The largest absolute Gasteiger partial charge is 0.464 e. The van der Waals surface area contributed by atoms with E-state index in [0.29, 0.717) is 11.2 Å². The first-order valence-electron chi connectivity index (χ1n) is 5.11. The molecule has 1 rings (SSSR count). The number of rotatable bonds is 4. The van der Waals surface area contributed by atoms with Gasteiger partial charge in [0.25, 0.3) is 0 Å². The third kappa shape index (κ3) is 3.48. The van der Waals surface area contributed by atoms with Gasteiger partial charge in [-0.25, -0.2) is 9.78 Å². The van der Waals surface area contributed by atoms with Crippen LogP contribution in [0.4, 0.5) is 0 Å². The number of hydrogen-bond donors (Lipinski definition) is 0. The lowest BCUT2D eigenvalue weighted by molar-refractivity contribution is 0.0592. The topological polar surface area (TPSA) is 52.1 Å². The van der Waals surface area contributed by atoms with Crippen LogP contribution in [0.25, 0.3) is 0 Å². The lowest BCUT2D eigenvalue weighted by atomic mass is 10.2. The molecular formula is C11H16N2O2S. The van der Waals surface area contributed by atoms with Crippen LogP contribution in [-0.2, 0) is 4.74 Å². The molecule has 1 aromatic rings. The summed E-state index contributed by atoms with van der Waals surface area (Å²) in [5, 5.41) is 1.19. The zero-order valence-corrected chi connectivity index (χ0v) is 10.7. The van der Waals surface area contributed by atoms with E-state index in [2.05, 4.69) is 35.5 Å². The Labute approximate surface area is 99.8 Å². The number of hydrogen-bond acceptors (Lipinski definition) is 5. The van der Waals surface area contributed by atoms with Gasteiger partial charge in [-0.1, -0.05) is 20.8 Å². The van der Waals surface area contributed by atoms with Crippen LogP contribution >= 0.6 is 11.8 Å². The lowest BCUT2D eigenvalue weighted by Gasteiger charge is -2.13. The highest BCUT2D eigenvalue weighted by Gasteiger charge is 2.13. The van der Waals surface area contributed by atoms with Crippen molar-refractivity contribution in [3.63, 3.8) is 0 Å². The minimum absolute atomic E-state index is 0.253. The Morgan fingerprint density at radius 2 is 2.06 bits per heavy atom. The van der Waals surface area contributed by atoms with Gasteiger partial charge in [-0.05, 0) is 5.92 Å². The third-order valence-corrected chi connectivity index (χ3v) is 3.61. The average Bonchev–Trinajstić information content (AvgIpc) is 2.28. The Bertz CT molecular complexity index is 369. The van der Waals surface area contributed by atoms with Crippen LogP contribution in [0.1, 0.15) is 31.3 Å². The molecule has 4 nitrogen and oxygen atoms in total. The Morgan fingerprint density at radius 1 is 1.38 bits per heavy atom. The predicted molar refractivity (Wildman–Crippen MR) is 63.5 cm³/mol. The lowest BCUT2D eigenvalue weighted by Crippen LogP contribution is -2.08. The zero-order valence-electron chi connectivity index (χ0n) is 9.93. The van der Waals surface area contributed by atoms with Gasteiger partial charge in [-0.15, -0.1) is 11.8 Å². The van der Waals surface area contributed by atoms with Crippen molar-refractivity contribution < 1.29 is 9.53 Å². The molecule has 88 valence electrons. The summed E-state index contributed by atoms with van der Waals surface area (Å²) in [5.41, 5.74) is 0.253. The smallest absolute Gasteiger partial charge is 0.358 e. The quantitative estimate of drug-likeness (QED) is 0.597. The second kappa shape index (κ2) is 5.84. The van der Waals surface area contributed by atoms with E-state index < -0.39 is 5.97 Å². The fraction of sp³-hybridized carbons (Fsp3) is 0.545. The predicted octanol–water partition coefficient (Wildman–Crippen LogP) is 2.40. The Kier molecular flexibility index (Phi) is 4.73. The van der Waals surface area contributed by atoms with Crippen molar-refractivity contribution in [2.75, 3.05) is 7.11 Å². The molecule has 0 aliphatic heterocycles. The molecular weight excluding hydrogens is 224 g/mol. The first kappa shape index (κ1) is 13.0. The van der Waals surface area contributed by atoms with Gasteiger partial charge in [0, 0.05) is 5.25 Å². The Balaban J connectivity index is 2.78. The fourth-order valence-corrected chi connectivity index (χ4v) is 1.86. The summed E-state index contributed by atoms with van der Waals surface area (Å²) in [5.74, 6) is 0.0979. The highest BCUT2D eigenvalue weighted by Crippen LogP contribution is 2.25. The molecule has 1 unspecified atom stereocenters. The summed E-state index contributed by atoms with van der Waals surface area (Å²) < 4.78 is 4.59. The Hall–Kier alpha value is -1.10. The first-order chi connectivity index (χ1) is 7.54. The SMILES string of the molecule is COC(=O)c1cncc(SC(C)C(C)C)n1. The molecule has 16 heavy (non-hydrogen) atoms. The molecule has 0 saturated heterocycles. The molecule has 0 radical (unpaired) electrons. The molecule has 0 aliphatic rings. The van der Waals surface area contributed by atoms with Gasteiger partial charge in [0.05, 0.1) is 19.5 Å². The van der Waals surface area contributed by atoms with Gasteiger partial charge in [-0.2, -0.15) is 0 Å². The summed E-state index contributed by atoms with van der Waals surface area (Å²) in [4.78, 5) is 19.4. The number of methoxy groups -OCH3 is 1. The molecule has 0 N–H and O–H groups in total. The molecule has 0 spiro atoms. The second-order valence-electron chi connectivity index (χ2n) is 3.80. The van der Waals surface area contributed by atoms with Crippen LogP contribution < -0.4 is 0 Å². The molecule has 0 fully saturated rings. The van der Waals surface area contributed by atoms with Crippen LogP contribution in [0.15, 0.2) is 17.4 Å². The second-order valence-corrected chi connectivity index (χ2v) is 5.20. The molecule has 0 bridgehead atoms. The normalized spacial score (nSPS) is 12.6. The van der Waals surface area contributed by atoms with Crippen LogP contribution in [0.3, 0.4) is 0 Å². The number of thioether (sulfide) groups is 1. The average molecular weight is 240 g/mol. The standard InChI is InChI=1S/C11H16N2O2S/c1-7(2)8(3)16-10-6-12-5-9(13-10)11(14)15-4/h5-8H,1-4H3. The number of aromatic nitrogens is 2. The minimum Gasteiger partial charge on any atom is -0.464 e. The molecule has 1 heterocycles. The molecule has 0 amide bonds. The zero-order chi connectivity index (χ0) is 12.1. The van der Waals surface area contributed by atoms with E-state index in [4.69, 9.17) is 0 Å². The number of nitrogens with zero attached hydrogens (tertiary/aromatic N) is 2.